The van der Waals surface area contributed by atoms with E-state index in [2.05, 4.69) is 20.7 Å². The van der Waals surface area contributed by atoms with Gasteiger partial charge in [-0.15, -0.1) is 0 Å². The first-order chi connectivity index (χ1) is 7.15. The van der Waals surface area contributed by atoms with Gasteiger partial charge in [0.2, 0.25) is 0 Å². The van der Waals surface area contributed by atoms with E-state index in [0.29, 0.717) is 10.8 Å². The van der Waals surface area contributed by atoms with Crippen LogP contribution in [0, 0.1) is 11.3 Å². The number of carbonyl (C=O) groups excluding carboxylic acids is 2. The minimum atomic E-state index is -0.699. The number of halogens is 1. The van der Waals surface area contributed by atoms with E-state index < -0.39 is 5.97 Å². The number of aldehydes is 1. The molecule has 4 nitrogen and oxygen atoms in total. The first-order valence-corrected chi connectivity index (χ1v) is 4.71. The summed E-state index contributed by atoms with van der Waals surface area (Å²) in [5.74, 6) is -0.699. The maximum atomic E-state index is 11.4. The second-order valence-electron chi connectivity index (χ2n) is 2.60. The fourth-order valence-electron chi connectivity index (χ4n) is 1.12. The van der Waals surface area contributed by atoms with Crippen molar-refractivity contribution in [1.82, 2.24) is 0 Å². The summed E-state index contributed by atoms with van der Waals surface area (Å²) in [6.45, 7) is 0. The Balaban J connectivity index is 3.56. The minimum absolute atomic E-state index is 0.00984. The van der Waals surface area contributed by atoms with Gasteiger partial charge >= 0.3 is 5.97 Å². The maximum absolute atomic E-state index is 11.4. The third-order valence-electron chi connectivity index (χ3n) is 1.82. The maximum Gasteiger partial charge on any atom is 0.339 e. The van der Waals surface area contributed by atoms with Crippen molar-refractivity contribution in [3.8, 4) is 6.07 Å². The fraction of sp³-hybridized carbons (Fsp3) is 0.100. The number of esters is 1. The predicted octanol–water partition coefficient (Wildman–Crippen LogP) is 1.92. The molecule has 76 valence electrons. The summed E-state index contributed by atoms with van der Waals surface area (Å²) >= 11 is 3.12. The Kier molecular flexibility index (Phi) is 3.58. The van der Waals surface area contributed by atoms with Crippen molar-refractivity contribution < 1.29 is 14.3 Å². The van der Waals surface area contributed by atoms with Crippen LogP contribution in [0.2, 0.25) is 0 Å². The first kappa shape index (κ1) is 11.4. The molecule has 0 bridgehead atoms. The van der Waals surface area contributed by atoms with Crippen LogP contribution in [0.4, 0.5) is 0 Å². The monoisotopic (exact) mass is 267 g/mol. The Bertz CT molecular complexity index is 462. The molecule has 0 aliphatic heterocycles. The Morgan fingerprint density at radius 3 is 2.73 bits per heavy atom. The largest absolute Gasteiger partial charge is 0.465 e. The molecular formula is C10H6BrNO3. The molecular weight excluding hydrogens is 262 g/mol. The molecule has 0 aromatic heterocycles. The van der Waals surface area contributed by atoms with Gasteiger partial charge in [0.25, 0.3) is 0 Å². The molecule has 0 atom stereocenters. The van der Waals surface area contributed by atoms with Crippen LogP contribution in [0.5, 0.6) is 0 Å². The number of nitriles is 1. The van der Waals surface area contributed by atoms with E-state index in [0.717, 1.165) is 0 Å². The molecule has 1 rings (SSSR count). The molecule has 0 saturated heterocycles. The second-order valence-corrected chi connectivity index (χ2v) is 3.46. The number of hydrogen-bond donors (Lipinski definition) is 0. The summed E-state index contributed by atoms with van der Waals surface area (Å²) < 4.78 is 4.96. The van der Waals surface area contributed by atoms with Crippen molar-refractivity contribution in [3.63, 3.8) is 0 Å². The van der Waals surface area contributed by atoms with Crippen LogP contribution in [0.3, 0.4) is 0 Å². The molecule has 0 saturated carbocycles. The van der Waals surface area contributed by atoms with Crippen molar-refractivity contribution in [2.45, 2.75) is 0 Å². The highest BCUT2D eigenvalue weighted by molar-refractivity contribution is 9.10. The van der Waals surface area contributed by atoms with Gasteiger partial charge in [0.15, 0.2) is 6.29 Å². The molecule has 0 radical (unpaired) electrons. The number of rotatable bonds is 2. The number of benzene rings is 1. The standard InChI is InChI=1S/C10H6BrNO3/c1-15-10(14)9-6(4-12)2-3-8(11)7(9)5-13/h2-3,5H,1H3. The van der Waals surface area contributed by atoms with Crippen LogP contribution in [0.25, 0.3) is 0 Å². The van der Waals surface area contributed by atoms with Gasteiger partial charge in [-0.25, -0.2) is 4.79 Å². The van der Waals surface area contributed by atoms with Crippen LogP contribution < -0.4 is 0 Å². The lowest BCUT2D eigenvalue weighted by molar-refractivity contribution is 0.0598. The predicted molar refractivity (Wildman–Crippen MR) is 55.6 cm³/mol. The zero-order valence-electron chi connectivity index (χ0n) is 7.78. The summed E-state index contributed by atoms with van der Waals surface area (Å²) in [6.07, 6.45) is 0.511. The normalized spacial score (nSPS) is 9.13. The van der Waals surface area contributed by atoms with Crippen LogP contribution in [0.1, 0.15) is 26.3 Å². The summed E-state index contributed by atoms with van der Waals surface area (Å²) in [5, 5.41) is 8.78. The molecule has 1 aromatic rings. The van der Waals surface area contributed by atoms with Gasteiger partial charge in [0.05, 0.1) is 18.2 Å². The molecule has 0 aliphatic carbocycles. The average Bonchev–Trinajstić information content (AvgIpc) is 2.27. The zero-order chi connectivity index (χ0) is 11.4. The third-order valence-corrected chi connectivity index (χ3v) is 2.51. The Morgan fingerprint density at radius 1 is 1.60 bits per heavy atom. The van der Waals surface area contributed by atoms with Crippen molar-refractivity contribution in [3.05, 3.63) is 33.3 Å². The van der Waals surface area contributed by atoms with Crippen molar-refractivity contribution in [2.24, 2.45) is 0 Å². The molecule has 0 unspecified atom stereocenters. The van der Waals surface area contributed by atoms with Crippen LogP contribution >= 0.6 is 15.9 Å². The zero-order valence-corrected chi connectivity index (χ0v) is 9.37. The molecule has 0 aliphatic rings. The van der Waals surface area contributed by atoms with Crippen molar-refractivity contribution >= 4 is 28.2 Å². The summed E-state index contributed by atoms with van der Waals surface area (Å²) in [7, 11) is 1.19. The van der Waals surface area contributed by atoms with Crippen molar-refractivity contribution in [2.75, 3.05) is 7.11 Å². The quantitative estimate of drug-likeness (QED) is 0.607. The number of methoxy groups -OCH3 is 1. The molecule has 0 N–H and O–H groups in total. The fourth-order valence-corrected chi connectivity index (χ4v) is 1.55. The highest BCUT2D eigenvalue weighted by Gasteiger charge is 2.18. The van der Waals surface area contributed by atoms with Gasteiger partial charge in [-0.2, -0.15) is 5.26 Å². The Labute approximate surface area is 94.6 Å². The van der Waals surface area contributed by atoms with Crippen LogP contribution in [-0.4, -0.2) is 19.4 Å². The highest BCUT2D eigenvalue weighted by Crippen LogP contribution is 2.22. The molecule has 0 heterocycles. The number of hydrogen-bond acceptors (Lipinski definition) is 4. The van der Waals surface area contributed by atoms with E-state index >= 15 is 0 Å². The van der Waals surface area contributed by atoms with Gasteiger partial charge < -0.3 is 4.74 Å². The second kappa shape index (κ2) is 4.71. The Hall–Kier alpha value is -1.67. The molecule has 0 spiro atoms. The van der Waals surface area contributed by atoms with E-state index in [-0.39, 0.29) is 16.7 Å². The first-order valence-electron chi connectivity index (χ1n) is 3.91. The number of carbonyl (C=O) groups is 2. The summed E-state index contributed by atoms with van der Waals surface area (Å²) in [4.78, 5) is 22.2. The van der Waals surface area contributed by atoms with Crippen LogP contribution in [0.15, 0.2) is 16.6 Å². The average molecular weight is 268 g/mol. The minimum Gasteiger partial charge on any atom is -0.465 e. The van der Waals surface area contributed by atoms with Gasteiger partial charge in [-0.1, -0.05) is 15.9 Å². The van der Waals surface area contributed by atoms with Crippen molar-refractivity contribution in [1.29, 1.82) is 5.26 Å². The molecule has 15 heavy (non-hydrogen) atoms. The highest BCUT2D eigenvalue weighted by atomic mass is 79.9. The Morgan fingerprint density at radius 2 is 2.27 bits per heavy atom. The van der Waals surface area contributed by atoms with E-state index in [1.165, 1.54) is 19.2 Å². The van der Waals surface area contributed by atoms with Gasteiger partial charge in [-0.05, 0) is 12.1 Å². The van der Waals surface area contributed by atoms with Crippen LogP contribution in [-0.2, 0) is 4.74 Å². The lowest BCUT2D eigenvalue weighted by Gasteiger charge is -2.06. The molecule has 5 heteroatoms. The van der Waals surface area contributed by atoms with Gasteiger partial charge in [-0.3, -0.25) is 4.79 Å². The van der Waals surface area contributed by atoms with E-state index in [1.54, 1.807) is 0 Å². The van der Waals surface area contributed by atoms with E-state index in [9.17, 15) is 9.59 Å². The van der Waals surface area contributed by atoms with Gasteiger partial charge in [0.1, 0.15) is 6.07 Å². The SMILES string of the molecule is COC(=O)c1c(C#N)ccc(Br)c1C=O. The third kappa shape index (κ3) is 2.05. The molecule has 0 amide bonds. The summed E-state index contributed by atoms with van der Waals surface area (Å²) in [5.41, 5.74) is 0.234. The number of nitrogens with zero attached hydrogens (tertiary/aromatic N) is 1. The van der Waals surface area contributed by atoms with E-state index in [1.807, 2.05) is 6.07 Å². The topological polar surface area (TPSA) is 67.2 Å². The smallest absolute Gasteiger partial charge is 0.339 e. The lowest BCUT2D eigenvalue weighted by atomic mass is 10.0. The number of ether oxygens (including phenoxy) is 1. The molecule has 1 aromatic carbocycles. The molecule has 0 fully saturated rings. The lowest BCUT2D eigenvalue weighted by Crippen LogP contribution is -2.08. The van der Waals surface area contributed by atoms with Gasteiger partial charge in [0, 0.05) is 10.0 Å². The summed E-state index contributed by atoms with van der Waals surface area (Å²) in [6, 6.07) is 4.82. The van der Waals surface area contributed by atoms with E-state index in [4.69, 9.17) is 5.26 Å².